The van der Waals surface area contributed by atoms with Gasteiger partial charge in [0.2, 0.25) is 0 Å². The van der Waals surface area contributed by atoms with Gasteiger partial charge in [0.1, 0.15) is 0 Å². The summed E-state index contributed by atoms with van der Waals surface area (Å²) in [6.45, 7) is 11.8. The van der Waals surface area contributed by atoms with Crippen molar-refractivity contribution in [3.63, 3.8) is 0 Å². The Labute approximate surface area is 101 Å². The summed E-state index contributed by atoms with van der Waals surface area (Å²) in [5.74, 6) is 0. The lowest BCUT2D eigenvalue weighted by Crippen LogP contribution is -2.34. The van der Waals surface area contributed by atoms with Crippen LogP contribution in [0.4, 0.5) is 0 Å². The first-order valence-electron chi connectivity index (χ1n) is 6.63. The fraction of sp³-hybridized carbons (Fsp3) is 1.00. The molecule has 0 aromatic carbocycles. The van der Waals surface area contributed by atoms with Gasteiger partial charge in [0.25, 0.3) is 0 Å². The van der Waals surface area contributed by atoms with Gasteiger partial charge in [-0.05, 0) is 12.8 Å². The molecular formula is C13H29NO2. The molecular weight excluding hydrogens is 202 g/mol. The van der Waals surface area contributed by atoms with Gasteiger partial charge in [-0.15, -0.1) is 0 Å². The van der Waals surface area contributed by atoms with Crippen LogP contribution in [0.15, 0.2) is 0 Å². The summed E-state index contributed by atoms with van der Waals surface area (Å²) in [7, 11) is 0. The fourth-order valence-corrected chi connectivity index (χ4v) is 1.45. The third-order valence-electron chi connectivity index (χ3n) is 2.29. The van der Waals surface area contributed by atoms with Crippen LogP contribution in [0.3, 0.4) is 0 Å². The van der Waals surface area contributed by atoms with Crippen molar-refractivity contribution in [1.82, 2.24) is 5.32 Å². The molecule has 3 nitrogen and oxygen atoms in total. The summed E-state index contributed by atoms with van der Waals surface area (Å²) in [6, 6.07) is 0.527. The van der Waals surface area contributed by atoms with Crippen LogP contribution in [0, 0.1) is 0 Å². The van der Waals surface area contributed by atoms with E-state index < -0.39 is 0 Å². The van der Waals surface area contributed by atoms with Crippen molar-refractivity contribution in [2.75, 3.05) is 26.4 Å². The lowest BCUT2D eigenvalue weighted by Gasteiger charge is -2.19. The van der Waals surface area contributed by atoms with Crippen LogP contribution in [0.25, 0.3) is 0 Å². The summed E-state index contributed by atoms with van der Waals surface area (Å²) in [5, 5.41) is 3.42. The predicted molar refractivity (Wildman–Crippen MR) is 68.9 cm³/mol. The van der Waals surface area contributed by atoms with Crippen LogP contribution in [0.5, 0.6) is 0 Å². The first-order chi connectivity index (χ1) is 7.70. The highest BCUT2D eigenvalue weighted by Crippen LogP contribution is 2.01. The number of rotatable bonds is 11. The summed E-state index contributed by atoms with van der Waals surface area (Å²) in [6.07, 6.45) is 3.69. The molecule has 1 N–H and O–H groups in total. The Kier molecular flexibility index (Phi) is 11.3. The van der Waals surface area contributed by atoms with E-state index in [0.717, 1.165) is 32.6 Å². The lowest BCUT2D eigenvalue weighted by atomic mass is 10.2. The molecule has 1 unspecified atom stereocenters. The van der Waals surface area contributed by atoms with Crippen molar-refractivity contribution in [3.8, 4) is 0 Å². The van der Waals surface area contributed by atoms with Crippen molar-refractivity contribution >= 4 is 0 Å². The van der Waals surface area contributed by atoms with Gasteiger partial charge in [-0.2, -0.15) is 0 Å². The smallest absolute Gasteiger partial charge is 0.0704 e. The fourth-order valence-electron chi connectivity index (χ4n) is 1.45. The predicted octanol–water partition coefficient (Wildman–Crippen LogP) is 2.60. The molecule has 1 atom stereocenters. The minimum Gasteiger partial charge on any atom is -0.379 e. The molecule has 3 heteroatoms. The Hall–Kier alpha value is -0.120. The second-order valence-corrected chi connectivity index (χ2v) is 4.46. The summed E-state index contributed by atoms with van der Waals surface area (Å²) in [4.78, 5) is 0. The Bertz CT molecular complexity index is 140. The highest BCUT2D eigenvalue weighted by molar-refractivity contribution is 4.63. The van der Waals surface area contributed by atoms with Gasteiger partial charge >= 0.3 is 0 Å². The number of nitrogens with one attached hydrogen (secondary N) is 1. The summed E-state index contributed by atoms with van der Waals surface area (Å²) < 4.78 is 11.2. The van der Waals surface area contributed by atoms with Gasteiger partial charge in [0, 0.05) is 19.2 Å². The maximum atomic E-state index is 5.79. The van der Waals surface area contributed by atoms with E-state index in [9.17, 15) is 0 Å². The second-order valence-electron chi connectivity index (χ2n) is 4.46. The van der Waals surface area contributed by atoms with Gasteiger partial charge in [-0.3, -0.25) is 0 Å². The number of ether oxygens (including phenoxy) is 2. The van der Waals surface area contributed by atoms with Crippen molar-refractivity contribution < 1.29 is 9.47 Å². The Balaban J connectivity index is 3.51. The zero-order valence-corrected chi connectivity index (χ0v) is 11.4. The molecule has 0 aromatic rings. The molecule has 0 aromatic heterocycles. The third kappa shape index (κ3) is 10.4. The van der Waals surface area contributed by atoms with E-state index >= 15 is 0 Å². The molecule has 0 radical (unpaired) electrons. The minimum atomic E-state index is 0.331. The van der Waals surface area contributed by atoms with Gasteiger partial charge in [-0.25, -0.2) is 0 Å². The van der Waals surface area contributed by atoms with Crippen molar-refractivity contribution in [2.45, 2.75) is 59.1 Å². The van der Waals surface area contributed by atoms with Gasteiger partial charge in [0.15, 0.2) is 0 Å². The lowest BCUT2D eigenvalue weighted by molar-refractivity contribution is 0.00111. The maximum Gasteiger partial charge on any atom is 0.0704 e. The quantitative estimate of drug-likeness (QED) is 0.554. The second kappa shape index (κ2) is 11.4. The van der Waals surface area contributed by atoms with E-state index in [1.165, 1.54) is 6.42 Å². The van der Waals surface area contributed by atoms with Crippen molar-refractivity contribution in [1.29, 1.82) is 0 Å². The van der Waals surface area contributed by atoms with Crippen LogP contribution < -0.4 is 5.32 Å². The Morgan fingerprint density at radius 1 is 1.00 bits per heavy atom. The van der Waals surface area contributed by atoms with Crippen LogP contribution >= 0.6 is 0 Å². The maximum absolute atomic E-state index is 5.79. The zero-order valence-electron chi connectivity index (χ0n) is 11.4. The number of hydrogen-bond acceptors (Lipinski definition) is 3. The highest BCUT2D eigenvalue weighted by atomic mass is 16.5. The van der Waals surface area contributed by atoms with E-state index in [1.807, 2.05) is 0 Å². The topological polar surface area (TPSA) is 30.5 Å². The average Bonchev–Trinajstić information content (AvgIpc) is 2.25. The Morgan fingerprint density at radius 2 is 1.75 bits per heavy atom. The first-order valence-corrected chi connectivity index (χ1v) is 6.63. The molecule has 0 bridgehead atoms. The summed E-state index contributed by atoms with van der Waals surface area (Å²) in [5.41, 5.74) is 0. The van der Waals surface area contributed by atoms with Crippen LogP contribution in [-0.2, 0) is 9.47 Å². The molecule has 0 spiro atoms. The molecule has 16 heavy (non-hydrogen) atoms. The van der Waals surface area contributed by atoms with Crippen molar-refractivity contribution in [3.05, 3.63) is 0 Å². The van der Waals surface area contributed by atoms with Gasteiger partial charge < -0.3 is 14.8 Å². The summed E-state index contributed by atoms with van der Waals surface area (Å²) >= 11 is 0. The normalized spacial score (nSPS) is 13.3. The van der Waals surface area contributed by atoms with E-state index in [2.05, 4.69) is 33.0 Å². The van der Waals surface area contributed by atoms with Crippen LogP contribution in [-0.4, -0.2) is 38.5 Å². The molecule has 0 heterocycles. The van der Waals surface area contributed by atoms with E-state index in [4.69, 9.17) is 9.47 Å². The molecule has 0 amide bonds. The highest BCUT2D eigenvalue weighted by Gasteiger charge is 2.08. The minimum absolute atomic E-state index is 0.331. The van der Waals surface area contributed by atoms with E-state index in [1.54, 1.807) is 0 Å². The molecule has 98 valence electrons. The SMILES string of the molecule is CCCOCCOC(CCC)CNC(C)C. The van der Waals surface area contributed by atoms with Gasteiger partial charge in [0.05, 0.1) is 19.3 Å². The third-order valence-corrected chi connectivity index (χ3v) is 2.29. The molecule has 0 fully saturated rings. The van der Waals surface area contributed by atoms with E-state index in [0.29, 0.717) is 18.8 Å². The van der Waals surface area contributed by atoms with Crippen LogP contribution in [0.2, 0.25) is 0 Å². The molecule has 0 saturated heterocycles. The molecule has 0 aliphatic carbocycles. The molecule has 0 saturated carbocycles. The average molecular weight is 231 g/mol. The molecule has 0 rings (SSSR count). The van der Waals surface area contributed by atoms with Gasteiger partial charge in [-0.1, -0.05) is 34.1 Å². The van der Waals surface area contributed by atoms with Crippen LogP contribution in [0.1, 0.15) is 47.0 Å². The molecule has 0 aliphatic rings. The van der Waals surface area contributed by atoms with Crippen molar-refractivity contribution in [2.24, 2.45) is 0 Å². The monoisotopic (exact) mass is 231 g/mol. The molecule has 0 aliphatic heterocycles. The Morgan fingerprint density at radius 3 is 2.31 bits per heavy atom. The zero-order chi connectivity index (χ0) is 12.2. The standard InChI is InChI=1S/C13H29NO2/c1-5-7-13(11-14-12(3)4)16-10-9-15-8-6-2/h12-14H,5-11H2,1-4H3. The number of hydrogen-bond donors (Lipinski definition) is 1. The first kappa shape index (κ1) is 15.9. The van der Waals surface area contributed by atoms with E-state index in [-0.39, 0.29) is 0 Å². The largest absolute Gasteiger partial charge is 0.379 e.